The molecule has 0 saturated heterocycles. The molecule has 1 rings (SSSR count). The number of carboxylic acid groups (broad SMARTS) is 1. The van der Waals surface area contributed by atoms with Gasteiger partial charge < -0.3 is 15.7 Å². The monoisotopic (exact) mass is 256 g/mol. The van der Waals surface area contributed by atoms with Crippen molar-refractivity contribution in [3.63, 3.8) is 0 Å². The molecule has 1 aromatic heterocycles. The molecule has 0 bridgehead atoms. The number of nitrogens with one attached hydrogen (secondary N) is 2. The van der Waals surface area contributed by atoms with E-state index in [2.05, 4.69) is 10.6 Å². The average molecular weight is 256 g/mol. The van der Waals surface area contributed by atoms with E-state index in [0.717, 1.165) is 11.3 Å². The first-order valence-corrected chi connectivity index (χ1v) is 6.25. The van der Waals surface area contributed by atoms with Gasteiger partial charge in [0, 0.05) is 4.88 Å². The lowest BCUT2D eigenvalue weighted by Crippen LogP contribution is -2.45. The summed E-state index contributed by atoms with van der Waals surface area (Å²) in [6.07, 6.45) is 0.759. The zero-order valence-corrected chi connectivity index (χ0v) is 10.6. The highest BCUT2D eigenvalue weighted by molar-refractivity contribution is 7.10. The summed E-state index contributed by atoms with van der Waals surface area (Å²) in [6, 6.07) is 2.44. The standard InChI is InChI=1S/C11H16N2O3S/c1-3-8(9-5-4-6-17-9)13-11(16)12-7(2)10(14)15/h4-8H,3H2,1-2H3,(H,14,15)(H2,12,13,16). The van der Waals surface area contributed by atoms with Crippen LogP contribution in [0.2, 0.25) is 0 Å². The molecule has 0 saturated carbocycles. The van der Waals surface area contributed by atoms with Crippen LogP contribution in [0.25, 0.3) is 0 Å². The zero-order valence-electron chi connectivity index (χ0n) is 9.77. The number of urea groups is 1. The third-order valence-corrected chi connectivity index (χ3v) is 3.30. The Labute approximate surface area is 104 Å². The van der Waals surface area contributed by atoms with Gasteiger partial charge in [0.05, 0.1) is 6.04 Å². The van der Waals surface area contributed by atoms with Crippen molar-refractivity contribution in [3.8, 4) is 0 Å². The molecule has 0 radical (unpaired) electrons. The molecule has 5 nitrogen and oxygen atoms in total. The van der Waals surface area contributed by atoms with E-state index in [-0.39, 0.29) is 6.04 Å². The summed E-state index contributed by atoms with van der Waals surface area (Å²) in [7, 11) is 0. The lowest BCUT2D eigenvalue weighted by Gasteiger charge is -2.17. The molecule has 2 unspecified atom stereocenters. The van der Waals surface area contributed by atoms with Crippen LogP contribution in [0.3, 0.4) is 0 Å². The Morgan fingerprint density at radius 3 is 2.65 bits per heavy atom. The van der Waals surface area contributed by atoms with Gasteiger partial charge in [0.25, 0.3) is 0 Å². The second kappa shape index (κ2) is 6.24. The van der Waals surface area contributed by atoms with Crippen LogP contribution in [0.5, 0.6) is 0 Å². The molecule has 17 heavy (non-hydrogen) atoms. The number of thiophene rings is 1. The van der Waals surface area contributed by atoms with Crippen LogP contribution in [0, 0.1) is 0 Å². The quantitative estimate of drug-likeness (QED) is 0.753. The third kappa shape index (κ3) is 4.07. The molecule has 1 heterocycles. The number of aliphatic carboxylic acids is 1. The largest absolute Gasteiger partial charge is 0.480 e. The van der Waals surface area contributed by atoms with E-state index in [9.17, 15) is 9.59 Å². The van der Waals surface area contributed by atoms with E-state index in [1.807, 2.05) is 24.4 Å². The van der Waals surface area contributed by atoms with Crippen LogP contribution in [-0.2, 0) is 4.79 Å². The summed E-state index contributed by atoms with van der Waals surface area (Å²) < 4.78 is 0. The van der Waals surface area contributed by atoms with Gasteiger partial charge in [-0.15, -0.1) is 11.3 Å². The van der Waals surface area contributed by atoms with Crippen molar-refractivity contribution >= 4 is 23.3 Å². The second-order valence-corrected chi connectivity index (χ2v) is 4.63. The minimum atomic E-state index is -1.05. The highest BCUT2D eigenvalue weighted by Gasteiger charge is 2.17. The normalized spacial score (nSPS) is 13.8. The van der Waals surface area contributed by atoms with Crippen molar-refractivity contribution in [2.75, 3.05) is 0 Å². The van der Waals surface area contributed by atoms with Gasteiger partial charge in [0.1, 0.15) is 6.04 Å². The second-order valence-electron chi connectivity index (χ2n) is 3.65. The fourth-order valence-electron chi connectivity index (χ4n) is 1.32. The molecule has 3 N–H and O–H groups in total. The smallest absolute Gasteiger partial charge is 0.325 e. The van der Waals surface area contributed by atoms with Crippen LogP contribution < -0.4 is 10.6 Å². The van der Waals surface area contributed by atoms with Crippen molar-refractivity contribution in [2.24, 2.45) is 0 Å². The summed E-state index contributed by atoms with van der Waals surface area (Å²) >= 11 is 1.56. The summed E-state index contributed by atoms with van der Waals surface area (Å²) in [5.41, 5.74) is 0. The van der Waals surface area contributed by atoms with E-state index >= 15 is 0 Å². The molecule has 0 aliphatic carbocycles. The van der Waals surface area contributed by atoms with Crippen LogP contribution in [0.15, 0.2) is 17.5 Å². The topological polar surface area (TPSA) is 78.4 Å². The molecule has 0 aliphatic heterocycles. The maximum atomic E-state index is 11.5. The van der Waals surface area contributed by atoms with E-state index in [4.69, 9.17) is 5.11 Å². The van der Waals surface area contributed by atoms with Crippen LogP contribution in [0.1, 0.15) is 31.2 Å². The zero-order chi connectivity index (χ0) is 12.8. The van der Waals surface area contributed by atoms with E-state index in [1.54, 1.807) is 11.3 Å². The minimum absolute atomic E-state index is 0.0732. The SMILES string of the molecule is CCC(NC(=O)NC(C)C(=O)O)c1cccs1. The van der Waals surface area contributed by atoms with E-state index in [1.165, 1.54) is 6.92 Å². The summed E-state index contributed by atoms with van der Waals surface area (Å²) in [6.45, 7) is 3.39. The molecular formula is C11H16N2O3S. The van der Waals surface area contributed by atoms with Gasteiger partial charge in [-0.1, -0.05) is 13.0 Å². The summed E-state index contributed by atoms with van der Waals surface area (Å²) in [5.74, 6) is -1.05. The molecule has 1 aromatic rings. The summed E-state index contributed by atoms with van der Waals surface area (Å²) in [5, 5.41) is 15.7. The third-order valence-electron chi connectivity index (χ3n) is 2.32. The summed E-state index contributed by atoms with van der Waals surface area (Å²) in [4.78, 5) is 23.2. The molecule has 6 heteroatoms. The van der Waals surface area contributed by atoms with Gasteiger partial charge in [-0.25, -0.2) is 4.79 Å². The van der Waals surface area contributed by atoms with Crippen LogP contribution in [-0.4, -0.2) is 23.1 Å². The number of carbonyl (C=O) groups excluding carboxylic acids is 1. The number of hydrogen-bond acceptors (Lipinski definition) is 3. The molecule has 2 atom stereocenters. The van der Waals surface area contributed by atoms with Crippen molar-refractivity contribution in [2.45, 2.75) is 32.4 Å². The number of carboxylic acids is 1. The molecule has 0 aromatic carbocycles. The maximum Gasteiger partial charge on any atom is 0.325 e. The molecule has 0 spiro atoms. The Morgan fingerprint density at radius 1 is 1.47 bits per heavy atom. The Balaban J connectivity index is 2.52. The van der Waals surface area contributed by atoms with Gasteiger partial charge in [-0.3, -0.25) is 4.79 Å². The van der Waals surface area contributed by atoms with E-state index < -0.39 is 18.0 Å². The fraction of sp³-hybridized carbons (Fsp3) is 0.455. The van der Waals surface area contributed by atoms with Crippen molar-refractivity contribution < 1.29 is 14.7 Å². The maximum absolute atomic E-state index is 11.5. The van der Waals surface area contributed by atoms with Crippen LogP contribution in [0.4, 0.5) is 4.79 Å². The minimum Gasteiger partial charge on any atom is -0.480 e. The van der Waals surface area contributed by atoms with Crippen molar-refractivity contribution in [1.82, 2.24) is 10.6 Å². The van der Waals surface area contributed by atoms with Gasteiger partial charge in [0.2, 0.25) is 0 Å². The van der Waals surface area contributed by atoms with Gasteiger partial charge in [0.15, 0.2) is 0 Å². The van der Waals surface area contributed by atoms with Crippen LogP contribution >= 0.6 is 11.3 Å². The highest BCUT2D eigenvalue weighted by atomic mass is 32.1. The average Bonchev–Trinajstić information content (AvgIpc) is 2.78. The fourth-order valence-corrected chi connectivity index (χ4v) is 2.18. The Morgan fingerprint density at radius 2 is 2.18 bits per heavy atom. The Hall–Kier alpha value is -1.56. The van der Waals surface area contributed by atoms with Crippen molar-refractivity contribution in [3.05, 3.63) is 22.4 Å². The first-order chi connectivity index (χ1) is 8.04. The molecule has 0 fully saturated rings. The lowest BCUT2D eigenvalue weighted by atomic mass is 10.2. The van der Waals surface area contributed by atoms with Crippen molar-refractivity contribution in [1.29, 1.82) is 0 Å². The molecule has 2 amide bonds. The Kier molecular flexibility index (Phi) is 4.96. The molecule has 94 valence electrons. The molecule has 0 aliphatic rings. The molecular weight excluding hydrogens is 240 g/mol. The Bertz CT molecular complexity index is 378. The predicted octanol–water partition coefficient (Wildman–Crippen LogP) is 1.97. The predicted molar refractivity (Wildman–Crippen MR) is 66.1 cm³/mol. The number of carbonyl (C=O) groups is 2. The van der Waals surface area contributed by atoms with E-state index in [0.29, 0.717) is 0 Å². The number of amides is 2. The van der Waals surface area contributed by atoms with Gasteiger partial charge in [-0.2, -0.15) is 0 Å². The number of hydrogen-bond donors (Lipinski definition) is 3. The van der Waals surface area contributed by atoms with Gasteiger partial charge >= 0.3 is 12.0 Å². The first kappa shape index (κ1) is 13.5. The first-order valence-electron chi connectivity index (χ1n) is 5.37. The van der Waals surface area contributed by atoms with Gasteiger partial charge in [-0.05, 0) is 24.8 Å². The lowest BCUT2D eigenvalue weighted by molar-refractivity contribution is -0.138. The highest BCUT2D eigenvalue weighted by Crippen LogP contribution is 2.21. The number of rotatable bonds is 5.